The summed E-state index contributed by atoms with van der Waals surface area (Å²) in [6.45, 7) is 3.97. The van der Waals surface area contributed by atoms with Crippen LogP contribution in [0.5, 0.6) is 0 Å². The van der Waals surface area contributed by atoms with Gasteiger partial charge in [-0.2, -0.15) is 5.10 Å². The lowest BCUT2D eigenvalue weighted by molar-refractivity contribution is -0.118. The first kappa shape index (κ1) is 16.7. The summed E-state index contributed by atoms with van der Waals surface area (Å²) in [7, 11) is 0. The third kappa shape index (κ3) is 3.33. The summed E-state index contributed by atoms with van der Waals surface area (Å²) in [5.74, 6) is -0.286. The minimum atomic E-state index is -0.286. The van der Waals surface area contributed by atoms with Crippen molar-refractivity contribution < 1.29 is 4.79 Å². The van der Waals surface area contributed by atoms with Gasteiger partial charge in [-0.1, -0.05) is 29.5 Å². The van der Waals surface area contributed by atoms with E-state index < -0.39 is 0 Å². The minimum Gasteiger partial charge on any atom is -0.370 e. The molecule has 0 spiro atoms. The molecule has 0 fully saturated rings. The number of fused-ring (bicyclic) bond motifs is 2. The van der Waals surface area contributed by atoms with Crippen LogP contribution < -0.4 is 11.1 Å². The number of carbonyl (C=O) groups excluding carboxylic acids is 1. The third-order valence-electron chi connectivity index (χ3n) is 4.29. The molecule has 0 saturated heterocycles. The highest BCUT2D eigenvalue weighted by atomic mass is 32.1. The first-order valence-electron chi connectivity index (χ1n) is 8.47. The van der Waals surface area contributed by atoms with Gasteiger partial charge < -0.3 is 15.6 Å². The van der Waals surface area contributed by atoms with Crippen molar-refractivity contribution in [2.45, 2.75) is 33.0 Å². The minimum absolute atomic E-state index is 0.286. The van der Waals surface area contributed by atoms with E-state index in [1.165, 1.54) is 10.9 Å². The van der Waals surface area contributed by atoms with Crippen molar-refractivity contribution in [1.82, 2.24) is 24.5 Å². The summed E-state index contributed by atoms with van der Waals surface area (Å²) in [4.78, 5) is 16.6. The number of nitrogens with one attached hydrogen (secondary N) is 1. The van der Waals surface area contributed by atoms with Gasteiger partial charge in [0.25, 0.3) is 0 Å². The van der Waals surface area contributed by atoms with E-state index in [1.54, 1.807) is 11.3 Å². The van der Waals surface area contributed by atoms with Gasteiger partial charge in [0.1, 0.15) is 5.01 Å². The molecule has 0 aliphatic heterocycles. The fourth-order valence-electron chi connectivity index (χ4n) is 3.13. The van der Waals surface area contributed by atoms with Gasteiger partial charge in [0, 0.05) is 43.2 Å². The number of rotatable bonds is 7. The average molecular weight is 368 g/mol. The third-order valence-corrected chi connectivity index (χ3v) is 5.12. The Kier molecular flexibility index (Phi) is 4.44. The molecule has 0 aliphatic rings. The van der Waals surface area contributed by atoms with Gasteiger partial charge in [-0.15, -0.1) is 0 Å². The normalized spacial score (nSPS) is 11.6. The zero-order valence-corrected chi connectivity index (χ0v) is 15.3. The maximum atomic E-state index is 11.1. The molecular formula is C18H20N6OS. The summed E-state index contributed by atoms with van der Waals surface area (Å²) in [6.07, 6.45) is 4.39. The Morgan fingerprint density at radius 2 is 2.12 bits per heavy atom. The molecule has 0 unspecified atom stereocenters. The summed E-state index contributed by atoms with van der Waals surface area (Å²) >= 11 is 1.59. The number of imidazole rings is 1. The lowest BCUT2D eigenvalue weighted by Gasteiger charge is -2.02. The molecule has 7 nitrogen and oxygen atoms in total. The van der Waals surface area contributed by atoms with E-state index in [0.717, 1.165) is 27.7 Å². The maximum absolute atomic E-state index is 11.1. The molecule has 4 rings (SSSR count). The number of aryl methyl sites for hydroxylation is 2. The topological polar surface area (TPSA) is 90.2 Å². The number of hydrogen-bond acceptors (Lipinski definition) is 5. The van der Waals surface area contributed by atoms with Gasteiger partial charge in [0.05, 0.1) is 11.9 Å². The van der Waals surface area contributed by atoms with E-state index >= 15 is 0 Å². The van der Waals surface area contributed by atoms with Crippen molar-refractivity contribution in [2.75, 3.05) is 0 Å². The number of para-hydroxylation sites is 1. The first-order chi connectivity index (χ1) is 12.6. The molecule has 4 aromatic rings. The SMILES string of the molecule is Cc1nn2cc(CNCc3cn(CCC(N)=O)c4ccccc34)nc2s1. The Balaban J connectivity index is 1.47. The van der Waals surface area contributed by atoms with Crippen LogP contribution in [0.1, 0.15) is 22.7 Å². The molecule has 3 heterocycles. The fraction of sp³-hybridized carbons (Fsp3) is 0.278. The molecule has 0 atom stereocenters. The summed E-state index contributed by atoms with van der Waals surface area (Å²) in [5, 5.41) is 10.0. The monoisotopic (exact) mass is 368 g/mol. The molecular weight excluding hydrogens is 348 g/mol. The number of nitrogens with zero attached hydrogens (tertiary/aromatic N) is 4. The van der Waals surface area contributed by atoms with Crippen molar-refractivity contribution >= 4 is 33.1 Å². The van der Waals surface area contributed by atoms with Crippen LogP contribution in [0.3, 0.4) is 0 Å². The van der Waals surface area contributed by atoms with E-state index in [1.807, 2.05) is 29.8 Å². The largest absolute Gasteiger partial charge is 0.370 e. The van der Waals surface area contributed by atoms with E-state index in [-0.39, 0.29) is 5.91 Å². The van der Waals surface area contributed by atoms with Crippen LogP contribution in [0.25, 0.3) is 15.9 Å². The summed E-state index contributed by atoms with van der Waals surface area (Å²) in [5.41, 5.74) is 8.58. The Morgan fingerprint density at radius 1 is 1.27 bits per heavy atom. The highest BCUT2D eigenvalue weighted by molar-refractivity contribution is 7.16. The summed E-state index contributed by atoms with van der Waals surface area (Å²) in [6, 6.07) is 8.21. The quantitative estimate of drug-likeness (QED) is 0.523. The molecule has 0 bridgehead atoms. The van der Waals surface area contributed by atoms with Crippen LogP contribution in [-0.4, -0.2) is 25.1 Å². The molecule has 3 aromatic heterocycles. The van der Waals surface area contributed by atoms with Gasteiger partial charge in [-0.25, -0.2) is 9.50 Å². The molecule has 8 heteroatoms. The molecule has 1 aromatic carbocycles. The number of amides is 1. The van der Waals surface area contributed by atoms with E-state index in [4.69, 9.17) is 5.73 Å². The Hall–Kier alpha value is -2.71. The number of carbonyl (C=O) groups is 1. The lowest BCUT2D eigenvalue weighted by Crippen LogP contribution is -2.14. The van der Waals surface area contributed by atoms with Crippen molar-refractivity contribution in [3.63, 3.8) is 0 Å². The van der Waals surface area contributed by atoms with E-state index in [9.17, 15) is 4.79 Å². The zero-order chi connectivity index (χ0) is 18.1. The van der Waals surface area contributed by atoms with Gasteiger partial charge in [0.15, 0.2) is 0 Å². The van der Waals surface area contributed by atoms with Crippen LogP contribution >= 0.6 is 11.3 Å². The summed E-state index contributed by atoms with van der Waals surface area (Å²) < 4.78 is 3.92. The predicted molar refractivity (Wildman–Crippen MR) is 102 cm³/mol. The molecule has 0 saturated carbocycles. The fourth-order valence-corrected chi connectivity index (χ4v) is 3.88. The van der Waals surface area contributed by atoms with Gasteiger partial charge >= 0.3 is 0 Å². The number of primary amides is 1. The molecule has 26 heavy (non-hydrogen) atoms. The Morgan fingerprint density at radius 3 is 2.92 bits per heavy atom. The molecule has 134 valence electrons. The van der Waals surface area contributed by atoms with Crippen molar-refractivity contribution in [3.8, 4) is 0 Å². The Labute approximate surface area is 154 Å². The zero-order valence-electron chi connectivity index (χ0n) is 14.5. The number of hydrogen-bond donors (Lipinski definition) is 2. The van der Waals surface area contributed by atoms with Gasteiger partial charge in [-0.05, 0) is 18.6 Å². The second-order valence-electron chi connectivity index (χ2n) is 6.27. The highest BCUT2D eigenvalue weighted by Gasteiger charge is 2.10. The van der Waals surface area contributed by atoms with Crippen molar-refractivity contribution in [1.29, 1.82) is 0 Å². The molecule has 0 radical (unpaired) electrons. The smallest absolute Gasteiger partial charge is 0.219 e. The predicted octanol–water partition coefficient (Wildman–Crippen LogP) is 2.22. The first-order valence-corrected chi connectivity index (χ1v) is 9.29. The highest BCUT2D eigenvalue weighted by Crippen LogP contribution is 2.22. The van der Waals surface area contributed by atoms with Gasteiger partial charge in [-0.3, -0.25) is 4.79 Å². The Bertz CT molecular complexity index is 1040. The average Bonchev–Trinajstić information content (AvgIpc) is 3.24. The van der Waals surface area contributed by atoms with Crippen LogP contribution in [-0.2, 0) is 24.4 Å². The van der Waals surface area contributed by atoms with Crippen molar-refractivity contribution in [2.24, 2.45) is 5.73 Å². The maximum Gasteiger partial charge on any atom is 0.219 e. The number of nitrogens with two attached hydrogens (primary N) is 1. The van der Waals surface area contributed by atoms with Crippen LogP contribution in [0, 0.1) is 6.92 Å². The van der Waals surface area contributed by atoms with E-state index in [2.05, 4.69) is 38.3 Å². The van der Waals surface area contributed by atoms with Crippen LogP contribution in [0.2, 0.25) is 0 Å². The second kappa shape index (κ2) is 6.89. The molecule has 0 aliphatic carbocycles. The lowest BCUT2D eigenvalue weighted by atomic mass is 10.2. The standard InChI is InChI=1S/C18H20N6OS/c1-12-22-24-11-14(21-18(24)26-12)9-20-8-13-10-23(7-6-17(19)25)16-5-3-2-4-15(13)16/h2-5,10-11,20H,6-9H2,1H3,(H2,19,25). The van der Waals surface area contributed by atoms with Gasteiger partial charge in [0.2, 0.25) is 10.9 Å². The second-order valence-corrected chi connectivity index (χ2v) is 7.43. The molecule has 3 N–H and O–H groups in total. The van der Waals surface area contributed by atoms with Crippen LogP contribution in [0.15, 0.2) is 36.7 Å². The van der Waals surface area contributed by atoms with Crippen molar-refractivity contribution in [3.05, 3.63) is 52.9 Å². The molecule has 1 amide bonds. The van der Waals surface area contributed by atoms with Crippen LogP contribution in [0.4, 0.5) is 0 Å². The van der Waals surface area contributed by atoms with E-state index in [0.29, 0.717) is 19.5 Å². The number of benzene rings is 1. The number of aromatic nitrogens is 4.